The molecule has 5 heteroatoms. The molecule has 0 saturated carbocycles. The standard InChI is InChI=1S/C18H24N2O2S/c1-13-12-23-17(22)20(13)11-16(21)19-10-9-14-5-7-15(8-6-14)18(2,3)4/h5-8,12H,9-11H2,1-4H3,(H,19,21). The molecule has 0 fully saturated rings. The summed E-state index contributed by atoms with van der Waals surface area (Å²) in [6.07, 6.45) is 0.785. The van der Waals surface area contributed by atoms with Gasteiger partial charge in [0.2, 0.25) is 5.91 Å². The first-order valence-electron chi connectivity index (χ1n) is 7.78. The van der Waals surface area contributed by atoms with E-state index in [9.17, 15) is 9.59 Å². The van der Waals surface area contributed by atoms with Crippen LogP contribution in [0.25, 0.3) is 0 Å². The number of thiazole rings is 1. The van der Waals surface area contributed by atoms with Gasteiger partial charge >= 0.3 is 4.87 Å². The van der Waals surface area contributed by atoms with Gasteiger partial charge in [0, 0.05) is 17.6 Å². The van der Waals surface area contributed by atoms with Crippen molar-refractivity contribution in [3.05, 3.63) is 56.1 Å². The van der Waals surface area contributed by atoms with E-state index in [0.29, 0.717) is 6.54 Å². The molecule has 1 aromatic carbocycles. The predicted molar refractivity (Wildman–Crippen MR) is 95.2 cm³/mol. The summed E-state index contributed by atoms with van der Waals surface area (Å²) in [4.78, 5) is 23.4. The minimum absolute atomic E-state index is 0.0876. The highest BCUT2D eigenvalue weighted by molar-refractivity contribution is 7.07. The summed E-state index contributed by atoms with van der Waals surface area (Å²) in [5.74, 6) is -0.125. The minimum Gasteiger partial charge on any atom is -0.354 e. The largest absolute Gasteiger partial charge is 0.354 e. The van der Waals surface area contributed by atoms with Crippen LogP contribution in [-0.4, -0.2) is 17.0 Å². The molecule has 1 heterocycles. The second-order valence-electron chi connectivity index (χ2n) is 6.78. The lowest BCUT2D eigenvalue weighted by atomic mass is 9.86. The number of amides is 1. The molecular formula is C18H24N2O2S. The molecule has 0 atom stereocenters. The third kappa shape index (κ3) is 4.79. The van der Waals surface area contributed by atoms with E-state index >= 15 is 0 Å². The number of rotatable bonds is 5. The first-order chi connectivity index (χ1) is 10.8. The van der Waals surface area contributed by atoms with E-state index in [1.807, 2.05) is 6.92 Å². The fraction of sp³-hybridized carbons (Fsp3) is 0.444. The van der Waals surface area contributed by atoms with Crippen LogP contribution in [0, 0.1) is 6.92 Å². The Morgan fingerprint density at radius 3 is 2.39 bits per heavy atom. The molecule has 0 aliphatic rings. The maximum absolute atomic E-state index is 11.9. The fourth-order valence-corrected chi connectivity index (χ4v) is 3.05. The third-order valence-electron chi connectivity index (χ3n) is 3.83. The Morgan fingerprint density at radius 1 is 1.22 bits per heavy atom. The maximum Gasteiger partial charge on any atom is 0.307 e. The van der Waals surface area contributed by atoms with Gasteiger partial charge in [-0.2, -0.15) is 0 Å². The topological polar surface area (TPSA) is 51.1 Å². The van der Waals surface area contributed by atoms with E-state index < -0.39 is 0 Å². The van der Waals surface area contributed by atoms with Gasteiger partial charge in [0.15, 0.2) is 0 Å². The van der Waals surface area contributed by atoms with Crippen molar-refractivity contribution in [2.24, 2.45) is 0 Å². The lowest BCUT2D eigenvalue weighted by Gasteiger charge is -2.19. The number of aromatic nitrogens is 1. The zero-order valence-corrected chi connectivity index (χ0v) is 15.0. The highest BCUT2D eigenvalue weighted by Crippen LogP contribution is 2.22. The van der Waals surface area contributed by atoms with Crippen LogP contribution in [0.1, 0.15) is 37.6 Å². The SMILES string of the molecule is Cc1csc(=O)n1CC(=O)NCCc1ccc(C(C)(C)C)cc1. The van der Waals surface area contributed by atoms with Gasteiger partial charge in [0.05, 0.1) is 0 Å². The number of nitrogens with zero attached hydrogens (tertiary/aromatic N) is 1. The number of carbonyl (C=O) groups excluding carboxylic acids is 1. The smallest absolute Gasteiger partial charge is 0.307 e. The molecule has 0 saturated heterocycles. The van der Waals surface area contributed by atoms with Crippen LogP contribution < -0.4 is 10.2 Å². The molecule has 0 bridgehead atoms. The Balaban J connectivity index is 1.83. The van der Waals surface area contributed by atoms with Gasteiger partial charge in [-0.3, -0.25) is 14.2 Å². The highest BCUT2D eigenvalue weighted by Gasteiger charge is 2.13. The molecule has 0 unspecified atom stereocenters. The van der Waals surface area contributed by atoms with Crippen LogP contribution >= 0.6 is 11.3 Å². The molecule has 0 radical (unpaired) electrons. The molecule has 4 nitrogen and oxygen atoms in total. The van der Waals surface area contributed by atoms with E-state index in [0.717, 1.165) is 23.5 Å². The zero-order chi connectivity index (χ0) is 17.0. The molecule has 1 N–H and O–H groups in total. The lowest BCUT2D eigenvalue weighted by molar-refractivity contribution is -0.121. The van der Waals surface area contributed by atoms with Crippen LogP contribution in [0.3, 0.4) is 0 Å². The summed E-state index contributed by atoms with van der Waals surface area (Å²) in [5.41, 5.74) is 3.48. The first-order valence-corrected chi connectivity index (χ1v) is 8.66. The van der Waals surface area contributed by atoms with Crippen LogP contribution in [0.5, 0.6) is 0 Å². The molecule has 124 valence electrons. The van der Waals surface area contributed by atoms with Crippen LogP contribution in [-0.2, 0) is 23.2 Å². The Kier molecular flexibility index (Phi) is 5.42. The van der Waals surface area contributed by atoms with Crippen molar-refractivity contribution < 1.29 is 4.79 Å². The summed E-state index contributed by atoms with van der Waals surface area (Å²) in [6, 6.07) is 8.51. The van der Waals surface area contributed by atoms with E-state index in [1.165, 1.54) is 15.7 Å². The van der Waals surface area contributed by atoms with Crippen LogP contribution in [0.15, 0.2) is 34.4 Å². The summed E-state index contributed by atoms with van der Waals surface area (Å²) >= 11 is 1.12. The molecule has 2 aromatic rings. The molecule has 2 rings (SSSR count). The number of aryl methyl sites for hydroxylation is 1. The van der Waals surface area contributed by atoms with Crippen molar-refractivity contribution in [2.45, 2.75) is 46.1 Å². The maximum atomic E-state index is 11.9. The number of carbonyl (C=O) groups is 1. The van der Waals surface area contributed by atoms with E-state index in [-0.39, 0.29) is 22.7 Å². The second kappa shape index (κ2) is 7.13. The fourth-order valence-electron chi connectivity index (χ4n) is 2.31. The van der Waals surface area contributed by atoms with Gasteiger partial charge in [-0.1, -0.05) is 56.4 Å². The minimum atomic E-state index is -0.125. The Morgan fingerprint density at radius 2 is 1.87 bits per heavy atom. The van der Waals surface area contributed by atoms with Crippen molar-refractivity contribution in [3.8, 4) is 0 Å². The van der Waals surface area contributed by atoms with E-state index in [2.05, 4.69) is 50.4 Å². The van der Waals surface area contributed by atoms with Crippen molar-refractivity contribution in [3.63, 3.8) is 0 Å². The van der Waals surface area contributed by atoms with Crippen LogP contribution in [0.4, 0.5) is 0 Å². The molecule has 23 heavy (non-hydrogen) atoms. The molecule has 1 amide bonds. The predicted octanol–water partition coefficient (Wildman–Crippen LogP) is 2.87. The number of nitrogens with one attached hydrogen (secondary N) is 1. The molecule has 0 aliphatic carbocycles. The summed E-state index contributed by atoms with van der Waals surface area (Å²) in [6.45, 7) is 9.08. The molecule has 1 aromatic heterocycles. The average Bonchev–Trinajstić information content (AvgIpc) is 2.79. The molecule has 0 aliphatic heterocycles. The van der Waals surface area contributed by atoms with Gasteiger partial charge in [-0.15, -0.1) is 0 Å². The van der Waals surface area contributed by atoms with Gasteiger partial charge in [-0.05, 0) is 29.9 Å². The quantitative estimate of drug-likeness (QED) is 0.915. The van der Waals surface area contributed by atoms with Crippen molar-refractivity contribution in [2.75, 3.05) is 6.54 Å². The van der Waals surface area contributed by atoms with Gasteiger partial charge in [-0.25, -0.2) is 0 Å². The average molecular weight is 332 g/mol. The third-order valence-corrected chi connectivity index (χ3v) is 4.71. The van der Waals surface area contributed by atoms with Gasteiger partial charge in [0.1, 0.15) is 6.54 Å². The normalized spacial score (nSPS) is 11.5. The van der Waals surface area contributed by atoms with Gasteiger partial charge in [0.25, 0.3) is 0 Å². The Labute approximate surface area is 141 Å². The lowest BCUT2D eigenvalue weighted by Crippen LogP contribution is -2.32. The second-order valence-corrected chi connectivity index (χ2v) is 7.60. The first kappa shape index (κ1) is 17.5. The summed E-state index contributed by atoms with van der Waals surface area (Å²) in [5, 5.41) is 4.64. The zero-order valence-electron chi connectivity index (χ0n) is 14.2. The summed E-state index contributed by atoms with van der Waals surface area (Å²) < 4.78 is 1.50. The van der Waals surface area contributed by atoms with E-state index in [1.54, 1.807) is 5.38 Å². The van der Waals surface area contributed by atoms with Crippen molar-refractivity contribution >= 4 is 17.2 Å². The van der Waals surface area contributed by atoms with Crippen LogP contribution in [0.2, 0.25) is 0 Å². The molecular weight excluding hydrogens is 308 g/mol. The Bertz CT molecular complexity index is 721. The van der Waals surface area contributed by atoms with Crippen molar-refractivity contribution in [1.82, 2.24) is 9.88 Å². The molecule has 0 spiro atoms. The number of hydrogen-bond donors (Lipinski definition) is 1. The summed E-state index contributed by atoms with van der Waals surface area (Å²) in [7, 11) is 0. The van der Waals surface area contributed by atoms with E-state index in [4.69, 9.17) is 0 Å². The number of hydrogen-bond acceptors (Lipinski definition) is 3. The Hall–Kier alpha value is -1.88. The monoisotopic (exact) mass is 332 g/mol. The van der Waals surface area contributed by atoms with Crippen molar-refractivity contribution in [1.29, 1.82) is 0 Å². The number of benzene rings is 1. The highest BCUT2D eigenvalue weighted by atomic mass is 32.1. The van der Waals surface area contributed by atoms with Gasteiger partial charge < -0.3 is 5.32 Å².